The van der Waals surface area contributed by atoms with E-state index in [1.807, 2.05) is 12.1 Å². The molecule has 102 valence electrons. The van der Waals surface area contributed by atoms with Crippen LogP contribution in [0.25, 0.3) is 11.5 Å². The molecule has 0 bridgehead atoms. The topological polar surface area (TPSA) is 59.2 Å². The van der Waals surface area contributed by atoms with Crippen molar-refractivity contribution in [2.75, 3.05) is 6.61 Å². The van der Waals surface area contributed by atoms with Gasteiger partial charge in [-0.15, -0.1) is 10.2 Å². The summed E-state index contributed by atoms with van der Waals surface area (Å²) in [5.74, 6) is 1.21. The molecule has 0 amide bonds. The zero-order valence-electron chi connectivity index (χ0n) is 11.3. The van der Waals surface area contributed by atoms with E-state index in [1.54, 1.807) is 0 Å². The Kier molecular flexibility index (Phi) is 5.10. The van der Waals surface area contributed by atoms with Crippen LogP contribution in [0.1, 0.15) is 37.6 Å². The third-order valence-corrected chi connectivity index (χ3v) is 3.01. The fourth-order valence-electron chi connectivity index (χ4n) is 1.96. The molecule has 1 aromatic heterocycles. The van der Waals surface area contributed by atoms with Gasteiger partial charge in [-0.3, -0.25) is 0 Å². The molecule has 2 aromatic rings. The van der Waals surface area contributed by atoms with Gasteiger partial charge in [0.15, 0.2) is 0 Å². The first-order chi connectivity index (χ1) is 9.33. The number of aromatic nitrogens is 2. The van der Waals surface area contributed by atoms with E-state index in [9.17, 15) is 0 Å². The van der Waals surface area contributed by atoms with E-state index in [2.05, 4.69) is 29.3 Å². The van der Waals surface area contributed by atoms with Crippen molar-refractivity contribution in [3.8, 4) is 11.5 Å². The molecule has 0 aliphatic heterocycles. The Bertz CT molecular complexity index is 491. The summed E-state index contributed by atoms with van der Waals surface area (Å²) in [4.78, 5) is 0. The molecule has 19 heavy (non-hydrogen) atoms. The summed E-state index contributed by atoms with van der Waals surface area (Å²) < 4.78 is 5.61. The fraction of sp³-hybridized carbons (Fsp3) is 0.467. The average molecular weight is 260 g/mol. The summed E-state index contributed by atoms with van der Waals surface area (Å²) in [6.45, 7) is 2.38. The standard InChI is InChI=1S/C15H20N2O2/c1-2-5-12-7-9-13(10-8-12)15-17-16-14(19-15)6-3-4-11-18/h7-10,18H,2-6,11H2,1H3. The third kappa shape index (κ3) is 3.89. The minimum absolute atomic E-state index is 0.208. The quantitative estimate of drug-likeness (QED) is 0.777. The molecule has 0 saturated carbocycles. The molecule has 4 nitrogen and oxygen atoms in total. The van der Waals surface area contributed by atoms with Gasteiger partial charge in [-0.25, -0.2) is 0 Å². The molecule has 0 saturated heterocycles. The van der Waals surface area contributed by atoms with E-state index in [1.165, 1.54) is 5.56 Å². The van der Waals surface area contributed by atoms with Gasteiger partial charge in [-0.1, -0.05) is 25.5 Å². The summed E-state index contributed by atoms with van der Waals surface area (Å²) in [7, 11) is 0. The molecule has 0 fully saturated rings. The highest BCUT2D eigenvalue weighted by Crippen LogP contribution is 2.19. The Morgan fingerprint density at radius 1 is 1.05 bits per heavy atom. The summed E-state index contributed by atoms with van der Waals surface area (Å²) in [6.07, 6.45) is 4.60. The minimum Gasteiger partial charge on any atom is -0.421 e. The summed E-state index contributed by atoms with van der Waals surface area (Å²) in [5.41, 5.74) is 2.29. The third-order valence-electron chi connectivity index (χ3n) is 3.01. The second-order valence-electron chi connectivity index (χ2n) is 4.63. The van der Waals surface area contributed by atoms with Crippen molar-refractivity contribution in [1.82, 2.24) is 10.2 Å². The predicted octanol–water partition coefficient (Wildman–Crippen LogP) is 3.00. The van der Waals surface area contributed by atoms with Crippen LogP contribution in [-0.4, -0.2) is 21.9 Å². The van der Waals surface area contributed by atoms with Gasteiger partial charge in [-0.2, -0.15) is 0 Å². The van der Waals surface area contributed by atoms with Crippen LogP contribution in [0.5, 0.6) is 0 Å². The van der Waals surface area contributed by atoms with Crippen LogP contribution in [0.4, 0.5) is 0 Å². The van der Waals surface area contributed by atoms with Crippen molar-refractivity contribution >= 4 is 0 Å². The zero-order chi connectivity index (χ0) is 13.5. The molecule has 0 unspecified atom stereocenters. The maximum atomic E-state index is 8.73. The lowest BCUT2D eigenvalue weighted by molar-refractivity contribution is 0.283. The molecule has 0 aliphatic carbocycles. The van der Waals surface area contributed by atoms with E-state index < -0.39 is 0 Å². The van der Waals surface area contributed by atoms with E-state index in [0.717, 1.165) is 37.7 Å². The van der Waals surface area contributed by atoms with Crippen molar-refractivity contribution in [3.05, 3.63) is 35.7 Å². The van der Waals surface area contributed by atoms with Crippen LogP contribution in [0, 0.1) is 0 Å². The maximum Gasteiger partial charge on any atom is 0.247 e. The summed E-state index contributed by atoms with van der Waals surface area (Å²) in [5, 5.41) is 16.8. The average Bonchev–Trinajstić information content (AvgIpc) is 2.89. The predicted molar refractivity (Wildman–Crippen MR) is 73.8 cm³/mol. The first-order valence-electron chi connectivity index (χ1n) is 6.86. The molecule has 0 spiro atoms. The molecule has 1 aromatic carbocycles. The SMILES string of the molecule is CCCc1ccc(-c2nnc(CCCCO)o2)cc1. The van der Waals surface area contributed by atoms with Crippen LogP contribution < -0.4 is 0 Å². The monoisotopic (exact) mass is 260 g/mol. The Hall–Kier alpha value is -1.68. The second-order valence-corrected chi connectivity index (χ2v) is 4.63. The number of unbranched alkanes of at least 4 members (excludes halogenated alkanes) is 1. The van der Waals surface area contributed by atoms with Crippen LogP contribution in [0.15, 0.2) is 28.7 Å². The lowest BCUT2D eigenvalue weighted by atomic mass is 10.1. The van der Waals surface area contributed by atoms with Gasteiger partial charge in [0.25, 0.3) is 0 Å². The van der Waals surface area contributed by atoms with Crippen LogP contribution in [0.3, 0.4) is 0 Å². The Balaban J connectivity index is 2.01. The van der Waals surface area contributed by atoms with Crippen LogP contribution >= 0.6 is 0 Å². The van der Waals surface area contributed by atoms with E-state index in [4.69, 9.17) is 9.52 Å². The number of hydrogen-bond acceptors (Lipinski definition) is 4. The summed E-state index contributed by atoms with van der Waals surface area (Å²) >= 11 is 0. The number of rotatable bonds is 7. The number of hydrogen-bond donors (Lipinski definition) is 1. The van der Waals surface area contributed by atoms with Gasteiger partial charge < -0.3 is 9.52 Å². The van der Waals surface area contributed by atoms with Crippen molar-refractivity contribution < 1.29 is 9.52 Å². The largest absolute Gasteiger partial charge is 0.421 e. The molecule has 2 rings (SSSR count). The molecule has 1 heterocycles. The zero-order valence-corrected chi connectivity index (χ0v) is 11.3. The van der Waals surface area contributed by atoms with E-state index in [0.29, 0.717) is 11.8 Å². The van der Waals surface area contributed by atoms with E-state index >= 15 is 0 Å². The lowest BCUT2D eigenvalue weighted by Crippen LogP contribution is -1.88. The fourth-order valence-corrected chi connectivity index (χ4v) is 1.96. The van der Waals surface area contributed by atoms with Gasteiger partial charge in [0, 0.05) is 18.6 Å². The molecular weight excluding hydrogens is 240 g/mol. The smallest absolute Gasteiger partial charge is 0.247 e. The number of benzene rings is 1. The van der Waals surface area contributed by atoms with Crippen molar-refractivity contribution in [3.63, 3.8) is 0 Å². The van der Waals surface area contributed by atoms with Crippen molar-refractivity contribution in [1.29, 1.82) is 0 Å². The van der Waals surface area contributed by atoms with Crippen molar-refractivity contribution in [2.45, 2.75) is 39.0 Å². The van der Waals surface area contributed by atoms with Crippen LogP contribution in [0.2, 0.25) is 0 Å². The van der Waals surface area contributed by atoms with Gasteiger partial charge in [0.2, 0.25) is 11.8 Å². The first-order valence-corrected chi connectivity index (χ1v) is 6.86. The molecule has 0 atom stereocenters. The highest BCUT2D eigenvalue weighted by molar-refractivity contribution is 5.52. The maximum absolute atomic E-state index is 8.73. The molecule has 1 N–H and O–H groups in total. The highest BCUT2D eigenvalue weighted by Gasteiger charge is 2.08. The van der Waals surface area contributed by atoms with Crippen molar-refractivity contribution in [2.24, 2.45) is 0 Å². The van der Waals surface area contributed by atoms with Crippen LogP contribution in [-0.2, 0) is 12.8 Å². The van der Waals surface area contributed by atoms with Gasteiger partial charge in [-0.05, 0) is 37.0 Å². The van der Waals surface area contributed by atoms with Gasteiger partial charge in [0.1, 0.15) is 0 Å². The molecule has 4 heteroatoms. The molecular formula is C15H20N2O2. The number of aliphatic hydroxyl groups is 1. The summed E-state index contributed by atoms with van der Waals surface area (Å²) in [6, 6.07) is 8.26. The number of aliphatic hydroxyl groups excluding tert-OH is 1. The molecule has 0 radical (unpaired) electrons. The Morgan fingerprint density at radius 2 is 1.84 bits per heavy atom. The lowest BCUT2D eigenvalue weighted by Gasteiger charge is -1.99. The molecule has 0 aliphatic rings. The second kappa shape index (κ2) is 7.04. The number of aryl methyl sites for hydroxylation is 2. The number of nitrogens with zero attached hydrogens (tertiary/aromatic N) is 2. The van der Waals surface area contributed by atoms with E-state index in [-0.39, 0.29) is 6.61 Å². The normalized spacial score (nSPS) is 10.8. The minimum atomic E-state index is 0.208. The Labute approximate surface area is 113 Å². The Morgan fingerprint density at radius 3 is 2.53 bits per heavy atom. The van der Waals surface area contributed by atoms with Gasteiger partial charge in [0.05, 0.1) is 0 Å². The highest BCUT2D eigenvalue weighted by atomic mass is 16.4. The first kappa shape index (κ1) is 13.7. The van der Waals surface area contributed by atoms with Gasteiger partial charge >= 0.3 is 0 Å².